The first-order valence-electron chi connectivity index (χ1n) is 12.2. The Morgan fingerprint density at radius 1 is 1.11 bits per heavy atom. The number of carbonyl (C=O) groups excluding carboxylic acids is 1. The fourth-order valence-corrected chi connectivity index (χ4v) is 5.40. The monoisotopic (exact) mass is 553 g/mol. The van der Waals surface area contributed by atoms with Crippen molar-refractivity contribution in [1.82, 2.24) is 9.62 Å². The van der Waals surface area contributed by atoms with Gasteiger partial charge in [-0.2, -0.15) is 0 Å². The molecule has 1 saturated heterocycles. The number of likely N-dealkylation sites (tertiary alicyclic amines) is 1. The summed E-state index contributed by atoms with van der Waals surface area (Å²) in [6.07, 6.45) is 4.07. The van der Waals surface area contributed by atoms with Crippen LogP contribution in [0.5, 0.6) is 17.2 Å². The number of ether oxygens (including phenoxy) is 3. The molecule has 0 radical (unpaired) electrons. The van der Waals surface area contributed by atoms with E-state index < -0.39 is 10.0 Å². The van der Waals surface area contributed by atoms with E-state index in [0.29, 0.717) is 39.9 Å². The molecule has 1 heterocycles. The standard InChI is InChI=1S/C26H36ClN3O6S/c1-34-22-11-18(12-23(15-22)35-2)17-36-26-16-25(28)24(27)14-19(26)13-21(31)5-4-8-30-9-6-20(7-10-30)29-37(3,32)33/h11-12,14-16,20,29H,4-10,13,17,28H2,1-3H3. The first-order valence-corrected chi connectivity index (χ1v) is 14.5. The molecule has 0 bridgehead atoms. The average Bonchev–Trinajstić information content (AvgIpc) is 2.85. The van der Waals surface area contributed by atoms with Gasteiger partial charge in [0.1, 0.15) is 29.6 Å². The first kappa shape index (κ1) is 29.0. The van der Waals surface area contributed by atoms with Crippen LogP contribution in [0.3, 0.4) is 0 Å². The zero-order chi connectivity index (χ0) is 27.0. The van der Waals surface area contributed by atoms with Crippen LogP contribution >= 0.6 is 11.6 Å². The van der Waals surface area contributed by atoms with Gasteiger partial charge in [-0.15, -0.1) is 0 Å². The van der Waals surface area contributed by atoms with Crippen molar-refractivity contribution in [3.05, 3.63) is 46.5 Å². The lowest BCUT2D eigenvalue weighted by atomic mass is 10.0. The third kappa shape index (κ3) is 9.37. The highest BCUT2D eigenvalue weighted by Gasteiger charge is 2.21. The molecule has 0 aromatic heterocycles. The Hall–Kier alpha value is -2.53. The first-order chi connectivity index (χ1) is 17.6. The minimum absolute atomic E-state index is 0.0142. The lowest BCUT2D eigenvalue weighted by molar-refractivity contribution is -0.118. The third-order valence-corrected chi connectivity index (χ3v) is 7.36. The van der Waals surface area contributed by atoms with Gasteiger partial charge < -0.3 is 24.8 Å². The molecule has 0 atom stereocenters. The van der Waals surface area contributed by atoms with Crippen LogP contribution in [0.15, 0.2) is 30.3 Å². The van der Waals surface area contributed by atoms with Gasteiger partial charge in [-0.3, -0.25) is 4.79 Å². The maximum atomic E-state index is 12.8. The maximum absolute atomic E-state index is 12.8. The van der Waals surface area contributed by atoms with Crippen LogP contribution in [-0.4, -0.2) is 65.3 Å². The second-order valence-electron chi connectivity index (χ2n) is 9.32. The van der Waals surface area contributed by atoms with Crippen molar-refractivity contribution in [2.24, 2.45) is 0 Å². The minimum atomic E-state index is -3.19. The summed E-state index contributed by atoms with van der Waals surface area (Å²) in [7, 11) is -0.0178. The molecule has 0 spiro atoms. The van der Waals surface area contributed by atoms with Crippen LogP contribution in [0.4, 0.5) is 5.69 Å². The van der Waals surface area contributed by atoms with E-state index >= 15 is 0 Å². The van der Waals surface area contributed by atoms with Gasteiger partial charge in [0.25, 0.3) is 0 Å². The molecule has 2 aromatic rings. The van der Waals surface area contributed by atoms with E-state index in [2.05, 4.69) is 9.62 Å². The summed E-state index contributed by atoms with van der Waals surface area (Å²) in [6, 6.07) is 8.81. The minimum Gasteiger partial charge on any atom is -0.497 e. The lowest BCUT2D eigenvalue weighted by Crippen LogP contribution is -2.44. The van der Waals surface area contributed by atoms with Crippen molar-refractivity contribution >= 4 is 33.1 Å². The SMILES string of the molecule is COc1cc(COc2cc(N)c(Cl)cc2CC(=O)CCCN2CCC(NS(C)(=O)=O)CC2)cc(OC)c1. The number of hydrogen-bond donors (Lipinski definition) is 2. The molecule has 11 heteroatoms. The van der Waals surface area contributed by atoms with Crippen LogP contribution in [0, 0.1) is 0 Å². The van der Waals surface area contributed by atoms with Crippen molar-refractivity contribution in [3.63, 3.8) is 0 Å². The smallest absolute Gasteiger partial charge is 0.208 e. The van der Waals surface area contributed by atoms with E-state index in [-0.39, 0.29) is 24.9 Å². The highest BCUT2D eigenvalue weighted by molar-refractivity contribution is 7.88. The fraction of sp³-hybridized carbons (Fsp3) is 0.500. The normalized spacial score (nSPS) is 14.9. The van der Waals surface area contributed by atoms with E-state index in [1.54, 1.807) is 32.4 Å². The average molecular weight is 554 g/mol. The Morgan fingerprint density at radius 2 is 1.76 bits per heavy atom. The predicted molar refractivity (Wildman–Crippen MR) is 145 cm³/mol. The second-order valence-corrected chi connectivity index (χ2v) is 11.5. The number of ketones is 1. The van der Waals surface area contributed by atoms with E-state index in [1.165, 1.54) is 6.26 Å². The molecule has 1 aliphatic heterocycles. The molecule has 1 aliphatic rings. The number of hydrogen-bond acceptors (Lipinski definition) is 8. The number of Topliss-reactive ketones (excluding diaryl/α,β-unsaturated/α-hetero) is 1. The number of piperidine rings is 1. The molecule has 9 nitrogen and oxygen atoms in total. The number of rotatable bonds is 13. The number of sulfonamides is 1. The number of nitrogens with two attached hydrogens (primary N) is 1. The second kappa shape index (κ2) is 13.3. The molecular formula is C26H36ClN3O6S. The summed E-state index contributed by atoms with van der Waals surface area (Å²) in [5.74, 6) is 1.90. The maximum Gasteiger partial charge on any atom is 0.208 e. The zero-order valence-corrected chi connectivity index (χ0v) is 23.2. The van der Waals surface area contributed by atoms with Crippen LogP contribution < -0.4 is 24.7 Å². The van der Waals surface area contributed by atoms with Gasteiger partial charge in [0.15, 0.2) is 0 Å². The van der Waals surface area contributed by atoms with E-state index in [4.69, 9.17) is 31.5 Å². The van der Waals surface area contributed by atoms with Gasteiger partial charge in [-0.1, -0.05) is 11.6 Å². The predicted octanol–water partition coefficient (Wildman–Crippen LogP) is 3.42. The van der Waals surface area contributed by atoms with Crippen LogP contribution in [-0.2, 0) is 27.8 Å². The largest absolute Gasteiger partial charge is 0.497 e. The molecule has 3 rings (SSSR count). The summed E-state index contributed by atoms with van der Waals surface area (Å²) in [6.45, 7) is 2.64. The Balaban J connectivity index is 1.53. The number of halogens is 1. The number of benzene rings is 2. The Kier molecular flexibility index (Phi) is 10.5. The van der Waals surface area contributed by atoms with E-state index in [9.17, 15) is 13.2 Å². The summed E-state index contributed by atoms with van der Waals surface area (Å²) >= 11 is 6.25. The van der Waals surface area contributed by atoms with Gasteiger partial charge in [0, 0.05) is 36.6 Å². The molecule has 2 aromatic carbocycles. The molecule has 37 heavy (non-hydrogen) atoms. The van der Waals surface area contributed by atoms with Crippen LogP contribution in [0.1, 0.15) is 36.8 Å². The third-order valence-electron chi connectivity index (χ3n) is 6.27. The number of anilines is 1. The van der Waals surface area contributed by atoms with Gasteiger partial charge in [-0.25, -0.2) is 13.1 Å². The molecule has 0 amide bonds. The number of nitrogens with zero attached hydrogens (tertiary/aromatic N) is 1. The highest BCUT2D eigenvalue weighted by atomic mass is 35.5. The number of nitrogens with one attached hydrogen (secondary N) is 1. The molecular weight excluding hydrogens is 518 g/mol. The topological polar surface area (TPSA) is 120 Å². The number of carbonyl (C=O) groups is 1. The summed E-state index contributed by atoms with van der Waals surface area (Å²) < 4.78 is 42.2. The summed E-state index contributed by atoms with van der Waals surface area (Å²) in [5.41, 5.74) is 7.92. The van der Waals surface area contributed by atoms with E-state index in [1.807, 2.05) is 12.1 Å². The van der Waals surface area contributed by atoms with Crippen molar-refractivity contribution in [1.29, 1.82) is 0 Å². The zero-order valence-electron chi connectivity index (χ0n) is 21.6. The summed E-state index contributed by atoms with van der Waals surface area (Å²) in [4.78, 5) is 15.1. The quantitative estimate of drug-likeness (QED) is 0.362. The molecule has 3 N–H and O–H groups in total. The Labute approximate surface area is 224 Å². The van der Waals surface area contributed by atoms with Crippen molar-refractivity contribution in [2.75, 3.05) is 45.8 Å². The highest BCUT2D eigenvalue weighted by Crippen LogP contribution is 2.31. The van der Waals surface area contributed by atoms with Crippen molar-refractivity contribution < 1.29 is 27.4 Å². The Bertz CT molecular complexity index is 1160. The Morgan fingerprint density at radius 3 is 2.35 bits per heavy atom. The van der Waals surface area contributed by atoms with Crippen molar-refractivity contribution in [3.8, 4) is 17.2 Å². The van der Waals surface area contributed by atoms with Gasteiger partial charge in [-0.05, 0) is 62.7 Å². The fourth-order valence-electron chi connectivity index (χ4n) is 4.37. The molecule has 0 aliphatic carbocycles. The van der Waals surface area contributed by atoms with Crippen molar-refractivity contribution in [2.45, 2.75) is 44.8 Å². The number of nitrogen functional groups attached to an aromatic ring is 1. The van der Waals surface area contributed by atoms with Gasteiger partial charge in [0.2, 0.25) is 10.0 Å². The van der Waals surface area contributed by atoms with Crippen LogP contribution in [0.2, 0.25) is 5.02 Å². The summed E-state index contributed by atoms with van der Waals surface area (Å²) in [5, 5.41) is 0.378. The lowest BCUT2D eigenvalue weighted by Gasteiger charge is -2.31. The van der Waals surface area contributed by atoms with E-state index in [0.717, 1.165) is 44.5 Å². The molecule has 0 saturated carbocycles. The molecule has 204 valence electrons. The number of methoxy groups -OCH3 is 2. The van der Waals surface area contributed by atoms with Gasteiger partial charge in [0.05, 0.1) is 31.2 Å². The molecule has 0 unspecified atom stereocenters. The van der Waals surface area contributed by atoms with Crippen LogP contribution in [0.25, 0.3) is 0 Å². The van der Waals surface area contributed by atoms with Gasteiger partial charge >= 0.3 is 0 Å². The molecule has 1 fully saturated rings.